The van der Waals surface area contributed by atoms with Crippen LogP contribution in [-0.4, -0.2) is 23.3 Å². The zero-order valence-electron chi connectivity index (χ0n) is 10.5. The fourth-order valence-electron chi connectivity index (χ4n) is 1.61. The van der Waals surface area contributed by atoms with Crippen LogP contribution >= 0.6 is 11.3 Å². The van der Waals surface area contributed by atoms with Crippen LogP contribution in [0.15, 0.2) is 5.38 Å². The normalized spacial score (nSPS) is 16.1. The molecular weight excluding hydrogens is 250 g/mol. The van der Waals surface area contributed by atoms with Gasteiger partial charge in [-0.15, -0.1) is 11.3 Å². The third-order valence-electron chi connectivity index (χ3n) is 2.79. The van der Waals surface area contributed by atoms with Gasteiger partial charge in [0.05, 0.1) is 6.04 Å². The van der Waals surface area contributed by atoms with Crippen molar-refractivity contribution >= 4 is 23.2 Å². The maximum absolute atomic E-state index is 11.8. The van der Waals surface area contributed by atoms with Crippen LogP contribution in [0.3, 0.4) is 0 Å². The van der Waals surface area contributed by atoms with Gasteiger partial charge in [-0.05, 0) is 25.7 Å². The number of nitrogens with zero attached hydrogens (tertiary/aromatic N) is 1. The first-order valence-corrected chi connectivity index (χ1v) is 6.95. The summed E-state index contributed by atoms with van der Waals surface area (Å²) in [4.78, 5) is 27.0. The summed E-state index contributed by atoms with van der Waals surface area (Å²) in [5, 5.41) is 8.10. The number of amides is 2. The molecule has 1 aromatic rings. The first-order chi connectivity index (χ1) is 8.56. The van der Waals surface area contributed by atoms with Crippen molar-refractivity contribution in [2.45, 2.75) is 32.7 Å². The predicted octanol–water partition coefficient (Wildman–Crippen LogP) is 1.48. The number of thiazole rings is 1. The van der Waals surface area contributed by atoms with Crippen molar-refractivity contribution in [3.05, 3.63) is 16.1 Å². The van der Waals surface area contributed by atoms with Gasteiger partial charge >= 0.3 is 0 Å². The molecule has 1 saturated carbocycles. The lowest BCUT2D eigenvalue weighted by Gasteiger charge is -2.08. The third kappa shape index (κ3) is 3.53. The molecule has 1 aromatic heterocycles. The second-order valence-corrected chi connectivity index (χ2v) is 5.54. The predicted molar refractivity (Wildman–Crippen MR) is 69.4 cm³/mol. The Hall–Kier alpha value is -1.43. The van der Waals surface area contributed by atoms with Gasteiger partial charge in [0.15, 0.2) is 0 Å². The van der Waals surface area contributed by atoms with E-state index in [0.29, 0.717) is 11.6 Å². The first kappa shape index (κ1) is 13.0. The maximum atomic E-state index is 11.8. The molecule has 0 radical (unpaired) electrons. The Morgan fingerprint density at radius 1 is 1.56 bits per heavy atom. The molecule has 0 spiro atoms. The van der Waals surface area contributed by atoms with E-state index >= 15 is 0 Å². The van der Waals surface area contributed by atoms with Crippen molar-refractivity contribution in [3.8, 4) is 0 Å². The Morgan fingerprint density at radius 3 is 2.89 bits per heavy atom. The van der Waals surface area contributed by atoms with E-state index in [9.17, 15) is 9.59 Å². The Morgan fingerprint density at radius 2 is 2.28 bits per heavy atom. The van der Waals surface area contributed by atoms with Crippen LogP contribution in [0.2, 0.25) is 0 Å². The van der Waals surface area contributed by atoms with Crippen LogP contribution in [0.5, 0.6) is 0 Å². The van der Waals surface area contributed by atoms with E-state index in [2.05, 4.69) is 15.6 Å². The van der Waals surface area contributed by atoms with Crippen LogP contribution in [-0.2, 0) is 4.79 Å². The highest BCUT2D eigenvalue weighted by Gasteiger charge is 2.22. The van der Waals surface area contributed by atoms with Gasteiger partial charge in [-0.25, -0.2) is 4.98 Å². The largest absolute Gasteiger partial charge is 0.350 e. The minimum Gasteiger partial charge on any atom is -0.350 e. The summed E-state index contributed by atoms with van der Waals surface area (Å²) in [5.41, 5.74) is 0.438. The van der Waals surface area contributed by atoms with E-state index in [1.54, 1.807) is 5.38 Å². The van der Waals surface area contributed by atoms with Crippen molar-refractivity contribution in [2.75, 3.05) is 6.54 Å². The van der Waals surface area contributed by atoms with Gasteiger partial charge < -0.3 is 10.6 Å². The minimum atomic E-state index is -0.155. The molecule has 0 bridgehead atoms. The molecular formula is C12H17N3O2S. The zero-order valence-corrected chi connectivity index (χ0v) is 11.3. The minimum absolute atomic E-state index is 0.0996. The molecule has 98 valence electrons. The van der Waals surface area contributed by atoms with Gasteiger partial charge in [0, 0.05) is 18.8 Å². The SMILES string of the molecule is CC(=O)NC(C)c1nc(C(=O)NCC2CC2)cs1. The average molecular weight is 267 g/mol. The van der Waals surface area contributed by atoms with E-state index < -0.39 is 0 Å². The van der Waals surface area contributed by atoms with Crippen molar-refractivity contribution in [2.24, 2.45) is 5.92 Å². The molecule has 0 aliphatic heterocycles. The number of rotatable bonds is 5. The lowest BCUT2D eigenvalue weighted by atomic mass is 10.3. The molecule has 0 aromatic carbocycles. The Kier molecular flexibility index (Phi) is 3.96. The molecule has 5 nitrogen and oxygen atoms in total. The highest BCUT2D eigenvalue weighted by Crippen LogP contribution is 2.27. The van der Waals surface area contributed by atoms with Crippen molar-refractivity contribution in [3.63, 3.8) is 0 Å². The molecule has 1 fully saturated rings. The van der Waals surface area contributed by atoms with Gasteiger partial charge in [0.1, 0.15) is 10.7 Å². The van der Waals surface area contributed by atoms with Crippen molar-refractivity contribution in [1.82, 2.24) is 15.6 Å². The number of aromatic nitrogens is 1. The van der Waals surface area contributed by atoms with Gasteiger partial charge in [-0.2, -0.15) is 0 Å². The van der Waals surface area contributed by atoms with E-state index in [-0.39, 0.29) is 17.9 Å². The molecule has 2 rings (SSSR count). The highest BCUT2D eigenvalue weighted by atomic mass is 32.1. The second kappa shape index (κ2) is 5.48. The van der Waals surface area contributed by atoms with E-state index in [1.165, 1.54) is 31.1 Å². The van der Waals surface area contributed by atoms with Crippen LogP contribution in [0.25, 0.3) is 0 Å². The monoisotopic (exact) mass is 267 g/mol. The standard InChI is InChI=1S/C12H17N3O2S/c1-7(14-8(2)16)12-15-10(6-18-12)11(17)13-5-9-3-4-9/h6-7,9H,3-5H2,1-2H3,(H,13,17)(H,14,16). The summed E-state index contributed by atoms with van der Waals surface area (Å²) in [7, 11) is 0. The van der Waals surface area contributed by atoms with Gasteiger partial charge in [-0.3, -0.25) is 9.59 Å². The van der Waals surface area contributed by atoms with E-state index in [0.717, 1.165) is 11.6 Å². The van der Waals surface area contributed by atoms with Crippen LogP contribution in [0, 0.1) is 5.92 Å². The molecule has 1 aliphatic carbocycles. The number of hydrogen-bond donors (Lipinski definition) is 2. The molecule has 2 N–H and O–H groups in total. The van der Waals surface area contributed by atoms with Crippen LogP contribution in [0.4, 0.5) is 0 Å². The molecule has 18 heavy (non-hydrogen) atoms. The Labute approximate surface area is 110 Å². The van der Waals surface area contributed by atoms with Crippen molar-refractivity contribution < 1.29 is 9.59 Å². The summed E-state index contributed by atoms with van der Waals surface area (Å²) in [6.45, 7) is 4.06. The number of nitrogens with one attached hydrogen (secondary N) is 2. The lowest BCUT2D eigenvalue weighted by molar-refractivity contribution is -0.119. The Bertz CT molecular complexity index is 454. The average Bonchev–Trinajstić information content (AvgIpc) is 2.99. The summed E-state index contributed by atoms with van der Waals surface area (Å²) in [5.74, 6) is 0.433. The number of carbonyl (C=O) groups excluding carboxylic acids is 2. The Balaban J connectivity index is 1.91. The fraction of sp³-hybridized carbons (Fsp3) is 0.583. The summed E-state index contributed by atoms with van der Waals surface area (Å²) < 4.78 is 0. The summed E-state index contributed by atoms with van der Waals surface area (Å²) >= 11 is 1.39. The molecule has 1 heterocycles. The van der Waals surface area contributed by atoms with Crippen molar-refractivity contribution in [1.29, 1.82) is 0 Å². The van der Waals surface area contributed by atoms with E-state index in [4.69, 9.17) is 0 Å². The topological polar surface area (TPSA) is 71.1 Å². The number of hydrogen-bond acceptors (Lipinski definition) is 4. The smallest absolute Gasteiger partial charge is 0.270 e. The summed E-state index contributed by atoms with van der Waals surface area (Å²) in [6, 6.07) is -0.155. The molecule has 1 unspecified atom stereocenters. The molecule has 0 saturated heterocycles. The van der Waals surface area contributed by atoms with Gasteiger partial charge in [-0.1, -0.05) is 0 Å². The second-order valence-electron chi connectivity index (χ2n) is 4.65. The molecule has 6 heteroatoms. The molecule has 2 amide bonds. The zero-order chi connectivity index (χ0) is 13.1. The van der Waals surface area contributed by atoms with E-state index in [1.807, 2.05) is 6.92 Å². The highest BCUT2D eigenvalue weighted by molar-refractivity contribution is 7.09. The fourth-order valence-corrected chi connectivity index (χ4v) is 2.41. The number of carbonyl (C=O) groups is 2. The quantitative estimate of drug-likeness (QED) is 0.849. The van der Waals surface area contributed by atoms with Gasteiger partial charge in [0.25, 0.3) is 5.91 Å². The maximum Gasteiger partial charge on any atom is 0.270 e. The van der Waals surface area contributed by atoms with Crippen LogP contribution < -0.4 is 10.6 Å². The molecule has 1 atom stereocenters. The third-order valence-corrected chi connectivity index (χ3v) is 3.82. The van der Waals surface area contributed by atoms with Crippen LogP contribution in [0.1, 0.15) is 48.2 Å². The summed E-state index contributed by atoms with van der Waals surface area (Å²) in [6.07, 6.45) is 2.42. The van der Waals surface area contributed by atoms with Gasteiger partial charge in [0.2, 0.25) is 5.91 Å². The molecule has 1 aliphatic rings. The first-order valence-electron chi connectivity index (χ1n) is 6.07. The lowest BCUT2D eigenvalue weighted by Crippen LogP contribution is -2.26.